The molecule has 2 N–H and O–H groups in total. The summed E-state index contributed by atoms with van der Waals surface area (Å²) in [5.41, 5.74) is 0.627. The van der Waals surface area contributed by atoms with Gasteiger partial charge >= 0.3 is 11.9 Å². The van der Waals surface area contributed by atoms with E-state index in [-0.39, 0.29) is 77.5 Å². The Hall–Kier alpha value is -8.14. The molecule has 25 heteroatoms. The lowest BCUT2D eigenvalue weighted by molar-refractivity contribution is -0.111. The molecule has 362 valence electrons. The van der Waals surface area contributed by atoms with Gasteiger partial charge in [0.25, 0.3) is 0 Å². The Balaban J connectivity index is 0.000000140. The van der Waals surface area contributed by atoms with Crippen LogP contribution >= 0.6 is 0 Å². The van der Waals surface area contributed by atoms with Crippen molar-refractivity contribution in [3.8, 4) is 11.5 Å². The summed E-state index contributed by atoms with van der Waals surface area (Å²) in [6.07, 6.45) is 0.576. The Morgan fingerprint density at radius 2 is 0.845 bits per heavy atom. The molecule has 0 bridgehead atoms. The van der Waals surface area contributed by atoms with Gasteiger partial charge in [0.15, 0.2) is 23.1 Å². The number of hydrogen-bond acceptors (Lipinski definition) is 21. The predicted molar refractivity (Wildman–Crippen MR) is 238 cm³/mol. The topological polar surface area (TPSA) is 381 Å². The van der Waals surface area contributed by atoms with Gasteiger partial charge in [-0.05, 0) is 71.4 Å². The number of esters is 2. The zero-order valence-electron chi connectivity index (χ0n) is 35.0. The second-order valence-corrected chi connectivity index (χ2v) is 20.3. The second kappa shape index (κ2) is 18.6. The highest BCUT2D eigenvalue weighted by molar-refractivity contribution is 7.95. The molecule has 2 aliphatic carbocycles. The monoisotopic (exact) mass is 1040 g/mol. The number of carbonyl (C=O) groups excluding carboxylic acids is 6. The van der Waals surface area contributed by atoms with Crippen molar-refractivity contribution in [2.24, 2.45) is 0 Å². The van der Waals surface area contributed by atoms with Crippen LogP contribution in [0.4, 0.5) is 0 Å². The SMILES string of the molecule is O=C1C=C(S(=O)(=O)[O-])c2ccccc2C1=O.O=C1OC(=O)c2ccc(S(=O)(=O)[O-])c3cccc1c23.O=C1c2ccccc2C(=O)c2cc(S(=O)(=O)[O-])ccc21.O=S(=O)([O-])c1ccc2cc(O)c(O)cc2c1. The molecule has 0 unspecified atom stereocenters. The van der Waals surface area contributed by atoms with Crippen molar-refractivity contribution in [1.29, 1.82) is 0 Å². The van der Waals surface area contributed by atoms with Crippen molar-refractivity contribution < 1.29 is 95.6 Å². The van der Waals surface area contributed by atoms with E-state index in [0.717, 1.165) is 30.3 Å². The van der Waals surface area contributed by atoms with Gasteiger partial charge in [0, 0.05) is 50.2 Å². The van der Waals surface area contributed by atoms with E-state index >= 15 is 0 Å². The summed E-state index contributed by atoms with van der Waals surface area (Å²) in [6.45, 7) is 0. The van der Waals surface area contributed by atoms with Gasteiger partial charge in [-0.2, -0.15) is 0 Å². The molecule has 0 fully saturated rings. The highest BCUT2D eigenvalue weighted by Crippen LogP contribution is 2.34. The van der Waals surface area contributed by atoms with E-state index in [2.05, 4.69) is 4.74 Å². The maximum Gasteiger partial charge on any atom is 0.346 e. The van der Waals surface area contributed by atoms with E-state index in [9.17, 15) is 90.9 Å². The second-order valence-electron chi connectivity index (χ2n) is 14.8. The van der Waals surface area contributed by atoms with Gasteiger partial charge in [0.2, 0.25) is 11.6 Å². The average Bonchev–Trinajstić information content (AvgIpc) is 3.30. The van der Waals surface area contributed by atoms with Crippen molar-refractivity contribution in [3.63, 3.8) is 0 Å². The fourth-order valence-corrected chi connectivity index (χ4v) is 9.65. The Morgan fingerprint density at radius 1 is 0.394 bits per heavy atom. The summed E-state index contributed by atoms with van der Waals surface area (Å²) in [4.78, 5) is 68.3. The third-order valence-electron chi connectivity index (χ3n) is 10.5. The number of phenols is 2. The number of hydrogen-bond donors (Lipinski definition) is 2. The number of rotatable bonds is 4. The third-order valence-corrected chi connectivity index (χ3v) is 13.9. The highest BCUT2D eigenvalue weighted by atomic mass is 32.2. The lowest BCUT2D eigenvalue weighted by atomic mass is 9.84. The Labute approximate surface area is 399 Å². The van der Waals surface area contributed by atoms with Crippen molar-refractivity contribution in [1.82, 2.24) is 0 Å². The van der Waals surface area contributed by atoms with Gasteiger partial charge in [0.05, 0.1) is 30.7 Å². The van der Waals surface area contributed by atoms with Crippen LogP contribution in [0.1, 0.15) is 68.5 Å². The summed E-state index contributed by atoms with van der Waals surface area (Å²) in [5, 5.41) is 19.5. The zero-order valence-corrected chi connectivity index (χ0v) is 38.3. The van der Waals surface area contributed by atoms with E-state index in [4.69, 9.17) is 0 Å². The van der Waals surface area contributed by atoms with E-state index < -0.39 is 84.5 Å². The third kappa shape index (κ3) is 10.3. The number of cyclic esters (lactones) is 2. The molecule has 21 nitrogen and oxygen atoms in total. The minimum absolute atomic E-state index is 0.0119. The maximum atomic E-state index is 12.3. The number of phenolic OH excluding ortho intramolecular Hbond substituents is 2. The van der Waals surface area contributed by atoms with Crippen LogP contribution in [0, 0.1) is 0 Å². The number of allylic oxidation sites excluding steroid dienone is 1. The van der Waals surface area contributed by atoms with Crippen LogP contribution in [0.2, 0.25) is 0 Å². The summed E-state index contributed by atoms with van der Waals surface area (Å²) in [5.74, 6) is -4.99. The predicted octanol–water partition coefficient (Wildman–Crippen LogP) is 3.91. The molecular formula is C46H24O21S4-4. The van der Waals surface area contributed by atoms with Gasteiger partial charge in [0.1, 0.15) is 40.5 Å². The molecule has 3 aliphatic rings. The fraction of sp³-hybridized carbons (Fsp3) is 0. The molecule has 10 rings (SSSR count). The summed E-state index contributed by atoms with van der Waals surface area (Å²) < 4.78 is 136. The van der Waals surface area contributed by atoms with Gasteiger partial charge in [-0.25, -0.2) is 43.3 Å². The summed E-state index contributed by atoms with van der Waals surface area (Å²) in [6, 6.07) is 27.7. The van der Waals surface area contributed by atoms with Crippen molar-refractivity contribution in [2.75, 3.05) is 0 Å². The van der Waals surface area contributed by atoms with Crippen LogP contribution in [0.25, 0.3) is 26.5 Å². The molecule has 0 spiro atoms. The van der Waals surface area contributed by atoms with Gasteiger partial charge in [-0.1, -0.05) is 66.7 Å². The van der Waals surface area contributed by atoms with Crippen LogP contribution in [0.3, 0.4) is 0 Å². The molecule has 7 aromatic rings. The first kappa shape index (κ1) is 50.7. The minimum Gasteiger partial charge on any atom is -0.744 e. The minimum atomic E-state index is -4.76. The molecule has 1 heterocycles. The molecule has 0 saturated carbocycles. The lowest BCUT2D eigenvalue weighted by Crippen LogP contribution is -2.21. The van der Waals surface area contributed by atoms with Crippen LogP contribution in [0.15, 0.2) is 148 Å². The first-order valence-electron chi connectivity index (χ1n) is 19.4. The van der Waals surface area contributed by atoms with Crippen LogP contribution in [0.5, 0.6) is 11.5 Å². The van der Waals surface area contributed by atoms with Gasteiger partial charge in [-0.3, -0.25) is 19.2 Å². The van der Waals surface area contributed by atoms with Crippen molar-refractivity contribution in [2.45, 2.75) is 14.7 Å². The number of aromatic hydroxyl groups is 2. The number of fused-ring (bicyclic) bond motifs is 4. The first-order chi connectivity index (χ1) is 33.1. The maximum absolute atomic E-state index is 12.3. The number of ether oxygens (including phenoxy) is 1. The lowest BCUT2D eigenvalue weighted by Gasteiger charge is -2.18. The highest BCUT2D eigenvalue weighted by Gasteiger charge is 2.31. The molecule has 0 atom stereocenters. The fourth-order valence-electron chi connectivity index (χ4n) is 7.27. The van der Waals surface area contributed by atoms with Crippen molar-refractivity contribution >= 4 is 102 Å². The smallest absolute Gasteiger partial charge is 0.346 e. The molecule has 71 heavy (non-hydrogen) atoms. The number of carbonyl (C=O) groups is 6. The van der Waals surface area contributed by atoms with Gasteiger partial charge in [-0.15, -0.1) is 0 Å². The quantitative estimate of drug-likeness (QED) is 0.0829. The molecule has 0 saturated heterocycles. The Morgan fingerprint density at radius 3 is 1.39 bits per heavy atom. The molecule has 7 aromatic carbocycles. The van der Waals surface area contributed by atoms with Crippen LogP contribution < -0.4 is 0 Å². The molecule has 0 aromatic heterocycles. The number of benzene rings is 7. The molecular weight excluding hydrogens is 1020 g/mol. The van der Waals surface area contributed by atoms with E-state index in [1.807, 2.05) is 0 Å². The average molecular weight is 1040 g/mol. The molecule has 0 radical (unpaired) electrons. The molecule has 1 aliphatic heterocycles. The normalized spacial score (nSPS) is 14.0. The largest absolute Gasteiger partial charge is 0.744 e. The first-order valence-corrected chi connectivity index (χ1v) is 25.0. The summed E-state index contributed by atoms with van der Waals surface area (Å²) >= 11 is 0. The standard InChI is InChI=1S/C14H8O5S.C12H6O6S.C10H8O5S.C10H6O5S/c15-13-9-3-1-2-4-10(9)14(16)12-7-8(20(17,18)19)5-6-11(12)13;13-11-7-3-1-2-6-9(19(15,16)17)5-4-8(10(6)7)12(14)18-11;11-9-4-6-1-2-8(16(13,14)15)3-7(6)5-10(9)12;11-8-5-9(16(13,14)15)6-3-1-2-4-7(6)10(8)12/h1-7H,(H,17,18,19);1-5H,(H,15,16,17);1-5,11-12H,(H,13,14,15);1-5H,(H,13,14,15)/p-4. The number of Topliss-reactive ketones (excluding diaryl/α,β-unsaturated/α-hetero) is 1. The Kier molecular flexibility index (Phi) is 13.3. The van der Waals surface area contributed by atoms with Crippen molar-refractivity contribution in [3.05, 3.63) is 178 Å². The van der Waals surface area contributed by atoms with Gasteiger partial charge < -0.3 is 33.2 Å². The number of ketones is 4. The van der Waals surface area contributed by atoms with E-state index in [1.165, 1.54) is 84.9 Å². The zero-order chi connectivity index (χ0) is 52.1. The summed E-state index contributed by atoms with van der Waals surface area (Å²) in [7, 11) is -18.6. The van der Waals surface area contributed by atoms with Crippen LogP contribution in [-0.4, -0.2) is 97.2 Å². The van der Waals surface area contributed by atoms with Crippen LogP contribution in [-0.2, 0) is 50.0 Å². The Bertz CT molecular complexity index is 4020. The molecule has 0 amide bonds. The van der Waals surface area contributed by atoms with E-state index in [0.29, 0.717) is 16.8 Å². The van der Waals surface area contributed by atoms with E-state index in [1.54, 1.807) is 12.1 Å².